The van der Waals surface area contributed by atoms with Crippen molar-refractivity contribution in [3.05, 3.63) is 34.9 Å². The van der Waals surface area contributed by atoms with Crippen LogP contribution in [0, 0.1) is 0 Å². The van der Waals surface area contributed by atoms with Gasteiger partial charge in [-0.05, 0) is 24.6 Å². The third-order valence-corrected chi connectivity index (χ3v) is 2.94. The van der Waals surface area contributed by atoms with Gasteiger partial charge in [0.2, 0.25) is 0 Å². The van der Waals surface area contributed by atoms with E-state index < -0.39 is 17.6 Å². The first-order valence-corrected chi connectivity index (χ1v) is 6.29. The quantitative estimate of drug-likeness (QED) is 0.765. The second kappa shape index (κ2) is 6.58. The number of aliphatic hydroxyl groups is 1. The molecule has 6 nitrogen and oxygen atoms in total. The molecular formula is C13H17ClN2O4. The summed E-state index contributed by atoms with van der Waals surface area (Å²) in [7, 11) is 1.56. The molecule has 0 saturated carbocycles. The molecule has 1 rings (SSSR count). The van der Waals surface area contributed by atoms with Gasteiger partial charge in [-0.15, -0.1) is 0 Å². The molecule has 0 aliphatic carbocycles. The predicted molar refractivity (Wildman–Crippen MR) is 74.6 cm³/mol. The van der Waals surface area contributed by atoms with E-state index in [0.29, 0.717) is 11.6 Å². The van der Waals surface area contributed by atoms with Crippen molar-refractivity contribution in [3.8, 4) is 0 Å². The van der Waals surface area contributed by atoms with Crippen molar-refractivity contribution in [2.24, 2.45) is 0 Å². The minimum absolute atomic E-state index is 0.321. The third kappa shape index (κ3) is 4.71. The van der Waals surface area contributed by atoms with Gasteiger partial charge in [0, 0.05) is 18.6 Å². The molecule has 7 heteroatoms. The number of benzene rings is 1. The minimum Gasteiger partial charge on any atom is -0.479 e. The van der Waals surface area contributed by atoms with Gasteiger partial charge in [0.15, 0.2) is 5.60 Å². The molecule has 1 unspecified atom stereocenters. The molecule has 20 heavy (non-hydrogen) atoms. The normalized spacial score (nSPS) is 13.4. The lowest BCUT2D eigenvalue weighted by atomic mass is 10.1. The molecule has 0 saturated heterocycles. The molecule has 0 spiro atoms. The highest BCUT2D eigenvalue weighted by molar-refractivity contribution is 6.30. The van der Waals surface area contributed by atoms with Crippen LogP contribution in [-0.2, 0) is 11.3 Å². The average Bonchev–Trinajstić information content (AvgIpc) is 2.35. The number of carboxylic acids is 1. The van der Waals surface area contributed by atoms with Crippen LogP contribution in [0.25, 0.3) is 0 Å². The number of carbonyl (C=O) groups is 2. The largest absolute Gasteiger partial charge is 0.479 e. The predicted octanol–water partition coefficient (Wildman–Crippen LogP) is 1.32. The van der Waals surface area contributed by atoms with E-state index in [-0.39, 0.29) is 6.54 Å². The summed E-state index contributed by atoms with van der Waals surface area (Å²) in [6, 6.07) is 6.59. The second-order valence-corrected chi connectivity index (χ2v) is 5.16. The van der Waals surface area contributed by atoms with Crippen LogP contribution < -0.4 is 5.32 Å². The molecule has 0 aliphatic rings. The van der Waals surface area contributed by atoms with Crippen molar-refractivity contribution in [2.45, 2.75) is 19.1 Å². The van der Waals surface area contributed by atoms with Crippen molar-refractivity contribution >= 4 is 23.6 Å². The van der Waals surface area contributed by atoms with Crippen molar-refractivity contribution in [1.29, 1.82) is 0 Å². The summed E-state index contributed by atoms with van der Waals surface area (Å²) in [4.78, 5) is 23.8. The molecule has 0 heterocycles. The Labute approximate surface area is 122 Å². The molecule has 1 atom stereocenters. The number of nitrogens with one attached hydrogen (secondary N) is 1. The topological polar surface area (TPSA) is 89.9 Å². The van der Waals surface area contributed by atoms with Crippen LogP contribution in [0.5, 0.6) is 0 Å². The Balaban J connectivity index is 2.54. The molecule has 0 radical (unpaired) electrons. The van der Waals surface area contributed by atoms with Crippen molar-refractivity contribution in [1.82, 2.24) is 10.2 Å². The van der Waals surface area contributed by atoms with Gasteiger partial charge < -0.3 is 20.4 Å². The number of carbonyl (C=O) groups excluding carboxylic acids is 1. The number of amides is 2. The number of carboxylic acid groups (broad SMARTS) is 1. The van der Waals surface area contributed by atoms with Crippen LogP contribution in [0.4, 0.5) is 4.79 Å². The number of hydrogen-bond acceptors (Lipinski definition) is 3. The summed E-state index contributed by atoms with van der Waals surface area (Å²) < 4.78 is 0. The molecular weight excluding hydrogens is 284 g/mol. The van der Waals surface area contributed by atoms with Crippen molar-refractivity contribution in [2.75, 3.05) is 13.6 Å². The van der Waals surface area contributed by atoms with Gasteiger partial charge in [0.05, 0.1) is 6.54 Å². The van der Waals surface area contributed by atoms with Gasteiger partial charge in [0.25, 0.3) is 0 Å². The molecule has 0 fully saturated rings. The Kier molecular flexibility index (Phi) is 5.35. The average molecular weight is 301 g/mol. The zero-order valence-electron chi connectivity index (χ0n) is 11.3. The van der Waals surface area contributed by atoms with E-state index >= 15 is 0 Å². The van der Waals surface area contributed by atoms with E-state index in [9.17, 15) is 14.7 Å². The molecule has 3 N–H and O–H groups in total. The first-order chi connectivity index (χ1) is 9.22. The van der Waals surface area contributed by atoms with Crippen LogP contribution in [0.1, 0.15) is 12.5 Å². The van der Waals surface area contributed by atoms with E-state index in [2.05, 4.69) is 5.32 Å². The Morgan fingerprint density at radius 2 is 2.10 bits per heavy atom. The fourth-order valence-electron chi connectivity index (χ4n) is 1.44. The van der Waals surface area contributed by atoms with Gasteiger partial charge in [-0.1, -0.05) is 23.7 Å². The van der Waals surface area contributed by atoms with E-state index in [1.807, 2.05) is 6.07 Å². The van der Waals surface area contributed by atoms with Crippen molar-refractivity contribution < 1.29 is 19.8 Å². The van der Waals surface area contributed by atoms with E-state index in [1.54, 1.807) is 25.2 Å². The van der Waals surface area contributed by atoms with Gasteiger partial charge in [0.1, 0.15) is 0 Å². The number of urea groups is 1. The van der Waals surface area contributed by atoms with E-state index in [4.69, 9.17) is 16.7 Å². The molecule has 0 aromatic heterocycles. The van der Waals surface area contributed by atoms with Gasteiger partial charge in [-0.25, -0.2) is 9.59 Å². The zero-order valence-corrected chi connectivity index (χ0v) is 12.0. The van der Waals surface area contributed by atoms with Gasteiger partial charge >= 0.3 is 12.0 Å². The summed E-state index contributed by atoms with van der Waals surface area (Å²) in [5, 5.41) is 21.2. The maximum Gasteiger partial charge on any atom is 0.337 e. The monoisotopic (exact) mass is 300 g/mol. The standard InChI is InChI=1S/C13H17ClN2O4/c1-13(20,11(17)18)8-15-12(19)16(2)7-9-4-3-5-10(14)6-9/h3-6,20H,7-8H2,1-2H3,(H,15,19)(H,17,18). The number of halogens is 1. The van der Waals surface area contributed by atoms with Crippen LogP contribution in [0.15, 0.2) is 24.3 Å². The minimum atomic E-state index is -1.99. The van der Waals surface area contributed by atoms with Crippen LogP contribution in [0.3, 0.4) is 0 Å². The van der Waals surface area contributed by atoms with Crippen LogP contribution in [0.2, 0.25) is 5.02 Å². The summed E-state index contributed by atoms with van der Waals surface area (Å²) >= 11 is 5.85. The van der Waals surface area contributed by atoms with Gasteiger partial charge in [-0.2, -0.15) is 0 Å². The second-order valence-electron chi connectivity index (χ2n) is 4.72. The Hall–Kier alpha value is -1.79. The maximum absolute atomic E-state index is 11.8. The molecule has 2 amide bonds. The lowest BCUT2D eigenvalue weighted by Crippen LogP contribution is -2.49. The first-order valence-electron chi connectivity index (χ1n) is 5.91. The number of aliphatic carboxylic acids is 1. The summed E-state index contributed by atoms with van der Waals surface area (Å²) in [6.45, 7) is 1.06. The molecule has 1 aromatic carbocycles. The maximum atomic E-state index is 11.8. The highest BCUT2D eigenvalue weighted by Crippen LogP contribution is 2.12. The summed E-state index contributed by atoms with van der Waals surface area (Å²) in [5.41, 5.74) is -1.15. The molecule has 110 valence electrons. The van der Waals surface area contributed by atoms with Gasteiger partial charge in [-0.3, -0.25) is 0 Å². The van der Waals surface area contributed by atoms with E-state index in [0.717, 1.165) is 12.5 Å². The number of hydrogen-bond donors (Lipinski definition) is 3. The Morgan fingerprint density at radius 3 is 2.65 bits per heavy atom. The molecule has 1 aromatic rings. The molecule has 0 aliphatic heterocycles. The summed E-state index contributed by atoms with van der Waals surface area (Å²) in [5.74, 6) is -1.39. The third-order valence-electron chi connectivity index (χ3n) is 2.70. The lowest BCUT2D eigenvalue weighted by molar-refractivity contribution is -0.155. The highest BCUT2D eigenvalue weighted by atomic mass is 35.5. The van der Waals surface area contributed by atoms with E-state index in [1.165, 1.54) is 4.90 Å². The SMILES string of the molecule is CN(Cc1cccc(Cl)c1)C(=O)NCC(C)(O)C(=O)O. The van der Waals surface area contributed by atoms with Crippen molar-refractivity contribution in [3.63, 3.8) is 0 Å². The lowest BCUT2D eigenvalue weighted by Gasteiger charge is -2.22. The fourth-order valence-corrected chi connectivity index (χ4v) is 1.65. The Bertz CT molecular complexity index is 505. The first kappa shape index (κ1) is 16.3. The highest BCUT2D eigenvalue weighted by Gasteiger charge is 2.30. The van der Waals surface area contributed by atoms with Crippen LogP contribution >= 0.6 is 11.6 Å². The fraction of sp³-hybridized carbons (Fsp3) is 0.385. The zero-order chi connectivity index (χ0) is 15.3. The Morgan fingerprint density at radius 1 is 1.45 bits per heavy atom. The smallest absolute Gasteiger partial charge is 0.337 e. The number of rotatable bonds is 5. The number of nitrogens with zero attached hydrogens (tertiary/aromatic N) is 1. The molecule has 0 bridgehead atoms. The summed E-state index contributed by atoms with van der Waals surface area (Å²) in [6.07, 6.45) is 0. The van der Waals surface area contributed by atoms with Crippen LogP contribution in [-0.4, -0.2) is 46.3 Å².